The maximum Gasteiger partial charge on any atom is 0.305 e. The first-order chi connectivity index (χ1) is 23.4. The van der Waals surface area contributed by atoms with Gasteiger partial charge in [0.2, 0.25) is 0 Å². The summed E-state index contributed by atoms with van der Waals surface area (Å²) in [6.07, 6.45) is 0.771. The summed E-state index contributed by atoms with van der Waals surface area (Å²) >= 11 is 0. The number of benzene rings is 3. The van der Waals surface area contributed by atoms with E-state index in [1.165, 1.54) is 12.1 Å². The molecule has 0 saturated heterocycles. The number of fused-ring (bicyclic) bond motifs is 1. The summed E-state index contributed by atoms with van der Waals surface area (Å²) in [5.41, 5.74) is 4.50. The number of aliphatic carboxylic acids is 1. The number of halogens is 1. The standard InChI is InChI=1S/C40H43FNO5PSi/c1-29(2)39-35(38(30-21-23-31(41)24-22-30)36-20-12-13-25-42(36)39)19-14-26-46-48(45)28-32(27-37(43)44)47-49(40(3,4)5,33-15-8-6-9-16-33)34-17-10-7-11-18-34/h6-13,15-18,20-25,29,32,48H,26-28H2,1-5H3,(H,43,44)/t32-/m0/s1. The van der Waals surface area contributed by atoms with Crippen LogP contribution in [0.5, 0.6) is 0 Å². The van der Waals surface area contributed by atoms with Crippen molar-refractivity contribution in [1.82, 2.24) is 4.40 Å². The zero-order chi connectivity index (χ0) is 35.2. The molecule has 0 aliphatic heterocycles. The first kappa shape index (κ1) is 36.0. The van der Waals surface area contributed by atoms with Crippen molar-refractivity contribution in [3.05, 3.63) is 126 Å². The van der Waals surface area contributed by atoms with Crippen LogP contribution in [-0.2, 0) is 18.3 Å². The lowest BCUT2D eigenvalue weighted by Crippen LogP contribution is -2.68. The van der Waals surface area contributed by atoms with Crippen molar-refractivity contribution in [2.24, 2.45) is 0 Å². The zero-order valence-corrected chi connectivity index (χ0v) is 30.6. The van der Waals surface area contributed by atoms with Gasteiger partial charge < -0.3 is 18.5 Å². The Morgan fingerprint density at radius 2 is 1.51 bits per heavy atom. The minimum Gasteiger partial charge on any atom is -0.481 e. The molecule has 2 atom stereocenters. The second kappa shape index (κ2) is 15.5. The molecule has 0 aliphatic rings. The molecule has 1 unspecified atom stereocenters. The maximum atomic E-state index is 13.8. The van der Waals surface area contributed by atoms with Gasteiger partial charge in [0, 0.05) is 23.6 Å². The molecular formula is C40H43FNO5PSi. The average Bonchev–Trinajstić information content (AvgIpc) is 3.40. The molecule has 5 aromatic rings. The van der Waals surface area contributed by atoms with Crippen LogP contribution < -0.4 is 10.4 Å². The molecule has 5 rings (SSSR count). The molecule has 0 aliphatic carbocycles. The predicted molar refractivity (Wildman–Crippen MR) is 198 cm³/mol. The van der Waals surface area contributed by atoms with Crippen molar-refractivity contribution in [2.75, 3.05) is 12.8 Å². The lowest BCUT2D eigenvalue weighted by molar-refractivity contribution is -0.138. The molecule has 49 heavy (non-hydrogen) atoms. The van der Waals surface area contributed by atoms with Crippen LogP contribution in [-0.4, -0.2) is 42.7 Å². The van der Waals surface area contributed by atoms with Crippen LogP contribution in [0.25, 0.3) is 16.6 Å². The Balaban J connectivity index is 1.43. The van der Waals surface area contributed by atoms with Crippen LogP contribution in [0.1, 0.15) is 58.2 Å². The van der Waals surface area contributed by atoms with Crippen molar-refractivity contribution in [3.63, 3.8) is 0 Å². The number of aromatic nitrogens is 1. The fraction of sp³-hybridized carbons (Fsp3) is 0.275. The van der Waals surface area contributed by atoms with Crippen LogP contribution in [0.3, 0.4) is 0 Å². The molecule has 2 heterocycles. The first-order valence-corrected chi connectivity index (χ1v) is 19.9. The third-order valence-electron chi connectivity index (χ3n) is 8.64. The van der Waals surface area contributed by atoms with Crippen molar-refractivity contribution in [3.8, 4) is 23.0 Å². The van der Waals surface area contributed by atoms with Gasteiger partial charge in [-0.2, -0.15) is 0 Å². The number of hydrogen-bond acceptors (Lipinski definition) is 4. The van der Waals surface area contributed by atoms with Crippen LogP contribution in [0.4, 0.5) is 4.39 Å². The highest BCUT2D eigenvalue weighted by Crippen LogP contribution is 2.40. The summed E-state index contributed by atoms with van der Waals surface area (Å²) in [7, 11) is -5.85. The van der Waals surface area contributed by atoms with Crippen molar-refractivity contribution in [2.45, 2.75) is 58.1 Å². The van der Waals surface area contributed by atoms with E-state index in [-0.39, 0.29) is 36.0 Å². The van der Waals surface area contributed by atoms with E-state index in [0.717, 1.165) is 38.3 Å². The number of rotatable bonds is 12. The molecule has 2 aromatic heterocycles. The maximum absolute atomic E-state index is 13.8. The Labute approximate surface area is 289 Å². The highest BCUT2D eigenvalue weighted by molar-refractivity contribution is 7.39. The minimum absolute atomic E-state index is 0.0582. The fourth-order valence-electron chi connectivity index (χ4n) is 6.61. The summed E-state index contributed by atoms with van der Waals surface area (Å²) in [6.45, 7) is 10.4. The number of nitrogens with zero attached hydrogens (tertiary/aromatic N) is 1. The van der Waals surface area contributed by atoms with Crippen LogP contribution >= 0.6 is 8.03 Å². The summed E-state index contributed by atoms with van der Waals surface area (Å²) < 4.78 is 42.2. The average molecular weight is 696 g/mol. The largest absolute Gasteiger partial charge is 0.481 e. The molecular weight excluding hydrogens is 653 g/mol. The van der Waals surface area contributed by atoms with Gasteiger partial charge in [-0.05, 0) is 51.2 Å². The van der Waals surface area contributed by atoms with Gasteiger partial charge in [-0.25, -0.2) is 4.39 Å². The Hall–Kier alpha value is -4.25. The van der Waals surface area contributed by atoms with E-state index in [1.54, 1.807) is 12.1 Å². The van der Waals surface area contributed by atoms with E-state index in [0.29, 0.717) is 0 Å². The van der Waals surface area contributed by atoms with Gasteiger partial charge in [0.05, 0.1) is 23.6 Å². The molecule has 3 aromatic carbocycles. The summed E-state index contributed by atoms with van der Waals surface area (Å²) in [5.74, 6) is 5.12. The second-order valence-electron chi connectivity index (χ2n) is 13.4. The molecule has 0 radical (unpaired) electrons. The van der Waals surface area contributed by atoms with Crippen molar-refractivity contribution >= 4 is 38.2 Å². The molecule has 6 nitrogen and oxygen atoms in total. The zero-order valence-electron chi connectivity index (χ0n) is 28.6. The van der Waals surface area contributed by atoms with Crippen LogP contribution in [0, 0.1) is 17.7 Å². The Morgan fingerprint density at radius 1 is 0.918 bits per heavy atom. The number of carboxylic acid groups (broad SMARTS) is 1. The summed E-state index contributed by atoms with van der Waals surface area (Å²) in [4.78, 5) is 12.1. The third kappa shape index (κ3) is 7.98. The second-order valence-corrected chi connectivity index (χ2v) is 19.1. The molecule has 0 amide bonds. The Morgan fingerprint density at radius 3 is 2.06 bits per heavy atom. The normalized spacial score (nSPS) is 13.2. The highest BCUT2D eigenvalue weighted by Gasteiger charge is 2.51. The quantitative estimate of drug-likeness (QED) is 0.0811. The molecule has 1 N–H and O–H groups in total. The monoisotopic (exact) mass is 695 g/mol. The molecule has 0 spiro atoms. The third-order valence-corrected chi connectivity index (χ3v) is 15.0. The first-order valence-electron chi connectivity index (χ1n) is 16.5. The van der Waals surface area contributed by atoms with E-state index >= 15 is 0 Å². The topological polar surface area (TPSA) is 77.2 Å². The molecule has 254 valence electrons. The highest BCUT2D eigenvalue weighted by atomic mass is 31.1. The van der Waals surface area contributed by atoms with E-state index < -0.39 is 28.4 Å². The van der Waals surface area contributed by atoms with Gasteiger partial charge in [0.15, 0.2) is 8.03 Å². The summed E-state index contributed by atoms with van der Waals surface area (Å²) in [5, 5.41) is 11.5. The van der Waals surface area contributed by atoms with E-state index in [9.17, 15) is 18.9 Å². The van der Waals surface area contributed by atoms with Crippen LogP contribution in [0.2, 0.25) is 5.04 Å². The SMILES string of the molecule is CC(C)c1c(C#CCO[PH](=O)C[C@H](CC(=O)O)O[Si](c2ccccc2)(c2ccccc2)C(C)(C)C)c(-c2ccc(F)cc2)c2ccccn12. The number of hydrogen-bond donors (Lipinski definition) is 1. The summed E-state index contributed by atoms with van der Waals surface area (Å²) in [6, 6.07) is 32.2. The number of carbonyl (C=O) groups is 1. The van der Waals surface area contributed by atoms with Gasteiger partial charge in [0.25, 0.3) is 8.32 Å². The molecule has 0 saturated carbocycles. The molecule has 9 heteroatoms. The minimum atomic E-state index is -3.10. The van der Waals surface area contributed by atoms with Gasteiger partial charge in [-0.3, -0.25) is 9.36 Å². The van der Waals surface area contributed by atoms with E-state index in [4.69, 9.17) is 8.95 Å². The fourth-order valence-corrected chi connectivity index (χ4v) is 12.4. The van der Waals surface area contributed by atoms with Crippen molar-refractivity contribution < 1.29 is 27.8 Å². The lowest BCUT2D eigenvalue weighted by atomic mass is 9.98. The Kier molecular flexibility index (Phi) is 11.4. The van der Waals surface area contributed by atoms with Gasteiger partial charge >= 0.3 is 5.97 Å². The number of pyridine rings is 1. The predicted octanol–water partition coefficient (Wildman–Crippen LogP) is 8.13. The van der Waals surface area contributed by atoms with Gasteiger partial charge in [-0.1, -0.05) is 125 Å². The lowest BCUT2D eigenvalue weighted by Gasteiger charge is -2.45. The number of carboxylic acids is 1. The smallest absolute Gasteiger partial charge is 0.305 e. The molecule has 0 fully saturated rings. The van der Waals surface area contributed by atoms with Crippen molar-refractivity contribution in [1.29, 1.82) is 0 Å². The van der Waals surface area contributed by atoms with Gasteiger partial charge in [0.1, 0.15) is 12.4 Å². The molecule has 0 bridgehead atoms. The Bertz CT molecular complexity index is 1940. The van der Waals surface area contributed by atoms with Gasteiger partial charge in [-0.15, -0.1) is 0 Å². The van der Waals surface area contributed by atoms with E-state index in [1.807, 2.05) is 85.1 Å². The van der Waals surface area contributed by atoms with Crippen LogP contribution in [0.15, 0.2) is 109 Å². The van der Waals surface area contributed by atoms with E-state index in [2.05, 4.69) is 50.9 Å².